The van der Waals surface area contributed by atoms with E-state index in [1.54, 1.807) is 22.9 Å². The molecule has 144 valence electrons. The van der Waals surface area contributed by atoms with E-state index in [1.165, 1.54) is 7.11 Å². The number of para-hydroxylation sites is 1. The number of carbonyl (C=O) groups is 2. The molecule has 1 saturated carbocycles. The van der Waals surface area contributed by atoms with Gasteiger partial charge in [0.15, 0.2) is 5.82 Å². The molecule has 1 aliphatic rings. The summed E-state index contributed by atoms with van der Waals surface area (Å²) in [4.78, 5) is 24.5. The van der Waals surface area contributed by atoms with E-state index in [2.05, 4.69) is 27.8 Å². The Balaban J connectivity index is 2.09. The van der Waals surface area contributed by atoms with Crippen molar-refractivity contribution >= 4 is 11.9 Å². The zero-order chi connectivity index (χ0) is 19.4. The first-order valence-corrected chi connectivity index (χ1v) is 9.28. The zero-order valence-electron chi connectivity index (χ0n) is 15.9. The highest BCUT2D eigenvalue weighted by molar-refractivity contribution is 5.93. The lowest BCUT2D eigenvalue weighted by molar-refractivity contribution is -0.123. The monoisotopic (exact) mass is 371 g/mol. The third kappa shape index (κ3) is 3.70. The highest BCUT2D eigenvalue weighted by Gasteiger charge is 2.42. The fraction of sp³-hybridized carbons (Fsp3) is 0.526. The molecule has 0 aliphatic heterocycles. The summed E-state index contributed by atoms with van der Waals surface area (Å²) < 4.78 is 6.44. The summed E-state index contributed by atoms with van der Waals surface area (Å²) in [5, 5.41) is 15.4. The van der Waals surface area contributed by atoms with Gasteiger partial charge in [-0.3, -0.25) is 4.79 Å². The van der Waals surface area contributed by atoms with E-state index in [-0.39, 0.29) is 5.91 Å². The number of aromatic nitrogens is 4. The predicted octanol–water partition coefficient (Wildman–Crippen LogP) is 2.38. The summed E-state index contributed by atoms with van der Waals surface area (Å²) in [6, 6.07) is 7.02. The summed E-state index contributed by atoms with van der Waals surface area (Å²) >= 11 is 0. The third-order valence-electron chi connectivity index (χ3n) is 5.26. The van der Waals surface area contributed by atoms with Crippen LogP contribution in [0.4, 0.5) is 0 Å². The second kappa shape index (κ2) is 7.85. The van der Waals surface area contributed by atoms with E-state index in [1.807, 2.05) is 13.0 Å². The van der Waals surface area contributed by atoms with E-state index in [4.69, 9.17) is 4.74 Å². The van der Waals surface area contributed by atoms with Gasteiger partial charge in [-0.2, -0.15) is 4.68 Å². The molecule has 1 heterocycles. The average molecular weight is 371 g/mol. The van der Waals surface area contributed by atoms with Crippen LogP contribution in [0.3, 0.4) is 0 Å². The molecular formula is C19H25N5O3. The lowest BCUT2D eigenvalue weighted by Gasteiger charge is -2.39. The number of methoxy groups -OCH3 is 1. The molecule has 1 fully saturated rings. The molecule has 2 aromatic rings. The molecule has 1 N–H and O–H groups in total. The van der Waals surface area contributed by atoms with Crippen LogP contribution in [0.25, 0.3) is 5.69 Å². The van der Waals surface area contributed by atoms with Crippen LogP contribution in [0.1, 0.15) is 62.1 Å². The summed E-state index contributed by atoms with van der Waals surface area (Å²) in [6.07, 6.45) is 3.82. The van der Waals surface area contributed by atoms with Crippen molar-refractivity contribution in [3.05, 3.63) is 35.7 Å². The number of tetrazole rings is 1. The number of nitrogens with one attached hydrogen (secondary N) is 1. The van der Waals surface area contributed by atoms with Gasteiger partial charge in [-0.25, -0.2) is 4.79 Å². The fourth-order valence-corrected chi connectivity index (χ4v) is 3.60. The van der Waals surface area contributed by atoms with Gasteiger partial charge in [-0.15, -0.1) is 5.10 Å². The molecule has 1 aromatic carbocycles. The molecule has 3 rings (SSSR count). The second-order valence-corrected chi connectivity index (χ2v) is 7.09. The molecule has 1 aromatic heterocycles. The Morgan fingerprint density at radius 3 is 2.67 bits per heavy atom. The normalized spacial score (nSPS) is 22.3. The number of ether oxygens (including phenoxy) is 1. The Labute approximate surface area is 158 Å². The van der Waals surface area contributed by atoms with Crippen LogP contribution in [0, 0.1) is 5.92 Å². The zero-order valence-corrected chi connectivity index (χ0v) is 15.9. The van der Waals surface area contributed by atoms with E-state index in [0.717, 1.165) is 25.7 Å². The fourth-order valence-electron chi connectivity index (χ4n) is 3.60. The predicted molar refractivity (Wildman–Crippen MR) is 98.2 cm³/mol. The van der Waals surface area contributed by atoms with Crippen molar-refractivity contribution in [1.82, 2.24) is 25.5 Å². The van der Waals surface area contributed by atoms with Crippen LogP contribution in [0.15, 0.2) is 24.3 Å². The highest BCUT2D eigenvalue weighted by Crippen LogP contribution is 2.39. The summed E-state index contributed by atoms with van der Waals surface area (Å²) in [5.41, 5.74) is 0.259. The van der Waals surface area contributed by atoms with Crippen molar-refractivity contribution in [3.8, 4) is 5.69 Å². The van der Waals surface area contributed by atoms with Crippen molar-refractivity contribution < 1.29 is 14.3 Å². The maximum absolute atomic E-state index is 12.3. The van der Waals surface area contributed by atoms with Gasteiger partial charge in [0.2, 0.25) is 5.91 Å². The van der Waals surface area contributed by atoms with Crippen LogP contribution in [0.5, 0.6) is 0 Å². The number of amides is 1. The molecule has 27 heavy (non-hydrogen) atoms. The lowest BCUT2D eigenvalue weighted by Crippen LogP contribution is -2.49. The summed E-state index contributed by atoms with van der Waals surface area (Å²) in [7, 11) is 1.34. The molecule has 0 unspecified atom stereocenters. The van der Waals surface area contributed by atoms with E-state index < -0.39 is 11.5 Å². The van der Waals surface area contributed by atoms with Crippen LogP contribution < -0.4 is 5.32 Å². The first kappa shape index (κ1) is 19.0. The Morgan fingerprint density at radius 2 is 2.00 bits per heavy atom. The SMILES string of the molecule is CCC(=O)NC1(c2nnnn2-c2ccccc2C(=O)OC)CCC(C)CC1. The van der Waals surface area contributed by atoms with Gasteiger partial charge >= 0.3 is 5.97 Å². The van der Waals surface area contributed by atoms with Gasteiger partial charge in [-0.1, -0.05) is 26.0 Å². The van der Waals surface area contributed by atoms with Gasteiger partial charge in [0.25, 0.3) is 0 Å². The molecule has 0 bridgehead atoms. The molecule has 0 atom stereocenters. The number of carbonyl (C=O) groups excluding carboxylic acids is 2. The van der Waals surface area contributed by atoms with Gasteiger partial charge in [0, 0.05) is 6.42 Å². The standard InChI is InChI=1S/C19H25N5O3/c1-4-16(25)20-19(11-9-13(2)10-12-19)18-21-22-23-24(18)15-8-6-5-7-14(15)17(26)27-3/h5-8,13H,4,9-12H2,1-3H3,(H,20,25). The van der Waals surface area contributed by atoms with Crippen LogP contribution in [-0.2, 0) is 15.1 Å². The quantitative estimate of drug-likeness (QED) is 0.810. The Bertz CT molecular complexity index is 824. The second-order valence-electron chi connectivity index (χ2n) is 7.09. The number of nitrogens with zero attached hydrogens (tertiary/aromatic N) is 4. The highest BCUT2D eigenvalue weighted by atomic mass is 16.5. The van der Waals surface area contributed by atoms with Crippen molar-refractivity contribution in [2.75, 3.05) is 7.11 Å². The summed E-state index contributed by atoms with van der Waals surface area (Å²) in [5.74, 6) is 0.632. The van der Waals surface area contributed by atoms with Crippen LogP contribution in [-0.4, -0.2) is 39.2 Å². The maximum Gasteiger partial charge on any atom is 0.340 e. The molecule has 0 radical (unpaired) electrons. The smallest absolute Gasteiger partial charge is 0.340 e. The molecule has 1 amide bonds. The molecule has 8 nitrogen and oxygen atoms in total. The molecule has 0 spiro atoms. The number of hydrogen-bond acceptors (Lipinski definition) is 6. The van der Waals surface area contributed by atoms with Gasteiger partial charge in [0.05, 0.1) is 18.4 Å². The Morgan fingerprint density at radius 1 is 1.30 bits per heavy atom. The van der Waals surface area contributed by atoms with Crippen molar-refractivity contribution in [2.45, 2.75) is 51.5 Å². The van der Waals surface area contributed by atoms with E-state index >= 15 is 0 Å². The minimum atomic E-state index is -0.646. The first-order chi connectivity index (χ1) is 13.0. The Kier molecular flexibility index (Phi) is 5.53. The van der Waals surface area contributed by atoms with Gasteiger partial charge < -0.3 is 10.1 Å². The number of esters is 1. The van der Waals surface area contributed by atoms with Crippen LogP contribution >= 0.6 is 0 Å². The molecule has 8 heteroatoms. The topological polar surface area (TPSA) is 99.0 Å². The van der Waals surface area contributed by atoms with Gasteiger partial charge in [0.1, 0.15) is 5.54 Å². The van der Waals surface area contributed by atoms with E-state index in [0.29, 0.717) is 29.4 Å². The Hall–Kier alpha value is -2.77. The molecular weight excluding hydrogens is 346 g/mol. The van der Waals surface area contributed by atoms with Crippen molar-refractivity contribution in [3.63, 3.8) is 0 Å². The summed E-state index contributed by atoms with van der Waals surface area (Å²) in [6.45, 7) is 4.03. The number of rotatable bonds is 5. The van der Waals surface area contributed by atoms with Crippen molar-refractivity contribution in [1.29, 1.82) is 0 Å². The molecule has 0 saturated heterocycles. The largest absolute Gasteiger partial charge is 0.465 e. The number of hydrogen-bond donors (Lipinski definition) is 1. The van der Waals surface area contributed by atoms with E-state index in [9.17, 15) is 9.59 Å². The lowest BCUT2D eigenvalue weighted by atomic mass is 9.76. The minimum absolute atomic E-state index is 0.0413. The third-order valence-corrected chi connectivity index (χ3v) is 5.26. The first-order valence-electron chi connectivity index (χ1n) is 9.28. The maximum atomic E-state index is 12.3. The van der Waals surface area contributed by atoms with Crippen molar-refractivity contribution in [2.24, 2.45) is 5.92 Å². The number of benzene rings is 1. The van der Waals surface area contributed by atoms with Crippen LogP contribution in [0.2, 0.25) is 0 Å². The van der Waals surface area contributed by atoms with Gasteiger partial charge in [-0.05, 0) is 54.2 Å². The molecule has 1 aliphatic carbocycles. The average Bonchev–Trinajstić information content (AvgIpc) is 3.19. The minimum Gasteiger partial charge on any atom is -0.465 e.